The normalized spacial score (nSPS) is 22.5. The molecule has 1 aromatic carbocycles. The maximum Gasteiger partial charge on any atom is 0.335 e. The van der Waals surface area contributed by atoms with Gasteiger partial charge in [0.05, 0.1) is 22.7 Å². The van der Waals surface area contributed by atoms with Crippen LogP contribution in [-0.4, -0.2) is 33.3 Å². The van der Waals surface area contributed by atoms with Crippen LogP contribution in [0.3, 0.4) is 0 Å². The number of rotatable bonds is 3. The Morgan fingerprint density at radius 3 is 3.00 bits per heavy atom. The molecule has 1 aliphatic rings. The molecular formula is C15H18N2O3. The SMILES string of the molecule is Cc1nc2cc(C(=O)O)ccc2n1CC1CCOC1C. The second-order valence-electron chi connectivity index (χ2n) is 5.40. The van der Waals surface area contributed by atoms with Crippen LogP contribution < -0.4 is 0 Å². The van der Waals surface area contributed by atoms with Gasteiger partial charge in [0.1, 0.15) is 5.82 Å². The third-order valence-corrected chi connectivity index (χ3v) is 4.14. The highest BCUT2D eigenvalue weighted by Gasteiger charge is 2.25. The molecule has 0 saturated carbocycles. The van der Waals surface area contributed by atoms with Crippen molar-refractivity contribution in [3.05, 3.63) is 29.6 Å². The van der Waals surface area contributed by atoms with Gasteiger partial charge >= 0.3 is 5.97 Å². The van der Waals surface area contributed by atoms with E-state index < -0.39 is 5.97 Å². The molecule has 5 heteroatoms. The molecule has 1 saturated heterocycles. The number of ether oxygens (including phenoxy) is 1. The molecule has 2 atom stereocenters. The molecule has 106 valence electrons. The van der Waals surface area contributed by atoms with Crippen molar-refractivity contribution in [3.8, 4) is 0 Å². The second kappa shape index (κ2) is 4.90. The van der Waals surface area contributed by atoms with Crippen molar-refractivity contribution in [2.45, 2.75) is 32.9 Å². The van der Waals surface area contributed by atoms with Crippen LogP contribution in [-0.2, 0) is 11.3 Å². The fraction of sp³-hybridized carbons (Fsp3) is 0.467. The number of benzene rings is 1. The predicted molar refractivity (Wildman–Crippen MR) is 75.0 cm³/mol. The average molecular weight is 274 g/mol. The molecule has 0 spiro atoms. The second-order valence-corrected chi connectivity index (χ2v) is 5.40. The standard InChI is InChI=1S/C15H18N2O3/c1-9-12(5-6-20-9)8-17-10(2)16-13-7-11(15(18)19)3-4-14(13)17/h3-4,7,9,12H,5-6,8H2,1-2H3,(H,18,19). The highest BCUT2D eigenvalue weighted by atomic mass is 16.5. The molecule has 1 fully saturated rings. The number of nitrogens with zero attached hydrogens (tertiary/aromatic N) is 2. The van der Waals surface area contributed by atoms with E-state index in [1.807, 2.05) is 13.0 Å². The quantitative estimate of drug-likeness (QED) is 0.933. The van der Waals surface area contributed by atoms with Gasteiger partial charge in [-0.3, -0.25) is 0 Å². The van der Waals surface area contributed by atoms with Crippen LogP contribution in [0, 0.1) is 12.8 Å². The number of aromatic nitrogens is 2. The van der Waals surface area contributed by atoms with E-state index in [0.717, 1.165) is 36.4 Å². The lowest BCUT2D eigenvalue weighted by atomic mass is 10.0. The Kier molecular flexibility index (Phi) is 3.22. The number of hydrogen-bond acceptors (Lipinski definition) is 3. The zero-order valence-electron chi connectivity index (χ0n) is 11.7. The largest absolute Gasteiger partial charge is 0.478 e. The molecule has 0 amide bonds. The molecule has 2 unspecified atom stereocenters. The first-order chi connectivity index (χ1) is 9.56. The van der Waals surface area contributed by atoms with Gasteiger partial charge in [0.2, 0.25) is 0 Å². The highest BCUT2D eigenvalue weighted by Crippen LogP contribution is 2.26. The topological polar surface area (TPSA) is 64.3 Å². The highest BCUT2D eigenvalue weighted by molar-refractivity contribution is 5.92. The van der Waals surface area contributed by atoms with Gasteiger partial charge in [-0.05, 0) is 38.5 Å². The van der Waals surface area contributed by atoms with Gasteiger partial charge in [-0.25, -0.2) is 9.78 Å². The average Bonchev–Trinajstić information content (AvgIpc) is 2.94. The summed E-state index contributed by atoms with van der Waals surface area (Å²) in [4.78, 5) is 15.5. The Hall–Kier alpha value is -1.88. The molecular weight excluding hydrogens is 256 g/mol. The van der Waals surface area contributed by atoms with E-state index in [-0.39, 0.29) is 11.7 Å². The van der Waals surface area contributed by atoms with Gasteiger partial charge in [-0.2, -0.15) is 0 Å². The van der Waals surface area contributed by atoms with Crippen molar-refractivity contribution in [2.24, 2.45) is 5.92 Å². The molecule has 1 N–H and O–H groups in total. The minimum Gasteiger partial charge on any atom is -0.478 e. The monoisotopic (exact) mass is 274 g/mol. The first-order valence-electron chi connectivity index (χ1n) is 6.88. The van der Waals surface area contributed by atoms with E-state index in [2.05, 4.69) is 16.5 Å². The summed E-state index contributed by atoms with van der Waals surface area (Å²) in [6.07, 6.45) is 1.33. The smallest absolute Gasteiger partial charge is 0.335 e. The summed E-state index contributed by atoms with van der Waals surface area (Å²) in [6.45, 7) is 5.76. The summed E-state index contributed by atoms with van der Waals surface area (Å²) in [7, 11) is 0. The number of aromatic carboxylic acids is 1. The Morgan fingerprint density at radius 2 is 2.35 bits per heavy atom. The number of carbonyl (C=O) groups is 1. The van der Waals surface area contributed by atoms with Crippen LogP contribution in [0.5, 0.6) is 0 Å². The van der Waals surface area contributed by atoms with Crippen molar-refractivity contribution >= 4 is 17.0 Å². The van der Waals surface area contributed by atoms with Crippen LogP contribution in [0.2, 0.25) is 0 Å². The molecule has 1 aromatic heterocycles. The predicted octanol–water partition coefficient (Wildman–Crippen LogP) is 2.47. The van der Waals surface area contributed by atoms with Gasteiger partial charge in [0.15, 0.2) is 0 Å². The van der Waals surface area contributed by atoms with Crippen molar-refractivity contribution in [1.82, 2.24) is 9.55 Å². The number of imidazole rings is 1. The minimum absolute atomic E-state index is 0.269. The van der Waals surface area contributed by atoms with E-state index in [4.69, 9.17) is 9.84 Å². The van der Waals surface area contributed by atoms with Crippen LogP contribution in [0.25, 0.3) is 11.0 Å². The van der Waals surface area contributed by atoms with E-state index >= 15 is 0 Å². The van der Waals surface area contributed by atoms with Crippen molar-refractivity contribution in [3.63, 3.8) is 0 Å². The molecule has 1 aliphatic heterocycles. The zero-order chi connectivity index (χ0) is 14.3. The minimum atomic E-state index is -0.920. The van der Waals surface area contributed by atoms with Gasteiger partial charge in [0, 0.05) is 19.1 Å². The fourth-order valence-electron chi connectivity index (χ4n) is 2.86. The van der Waals surface area contributed by atoms with Crippen LogP contribution in [0.4, 0.5) is 0 Å². The van der Waals surface area contributed by atoms with Crippen LogP contribution >= 0.6 is 0 Å². The summed E-state index contributed by atoms with van der Waals surface area (Å²) in [6, 6.07) is 5.12. The molecule has 20 heavy (non-hydrogen) atoms. The Morgan fingerprint density at radius 1 is 1.55 bits per heavy atom. The van der Waals surface area contributed by atoms with E-state index in [1.54, 1.807) is 12.1 Å². The number of fused-ring (bicyclic) bond motifs is 1. The van der Waals surface area contributed by atoms with Crippen molar-refractivity contribution in [1.29, 1.82) is 0 Å². The summed E-state index contributed by atoms with van der Waals surface area (Å²) in [5, 5.41) is 9.03. The van der Waals surface area contributed by atoms with Gasteiger partial charge in [0.25, 0.3) is 0 Å². The Bertz CT molecular complexity index is 662. The Labute approximate surface area is 117 Å². The van der Waals surface area contributed by atoms with Gasteiger partial charge < -0.3 is 14.4 Å². The lowest BCUT2D eigenvalue weighted by molar-refractivity contribution is 0.0697. The molecule has 2 aromatic rings. The van der Waals surface area contributed by atoms with Crippen LogP contribution in [0.15, 0.2) is 18.2 Å². The van der Waals surface area contributed by atoms with Gasteiger partial charge in [-0.1, -0.05) is 0 Å². The zero-order valence-corrected chi connectivity index (χ0v) is 11.7. The third kappa shape index (κ3) is 2.18. The first-order valence-corrected chi connectivity index (χ1v) is 6.88. The van der Waals surface area contributed by atoms with Crippen LogP contribution in [0.1, 0.15) is 29.5 Å². The molecule has 3 rings (SSSR count). The lowest BCUT2D eigenvalue weighted by Crippen LogP contribution is -2.18. The molecule has 2 heterocycles. The summed E-state index contributed by atoms with van der Waals surface area (Å²) >= 11 is 0. The van der Waals surface area contributed by atoms with Crippen molar-refractivity contribution < 1.29 is 14.6 Å². The summed E-state index contributed by atoms with van der Waals surface area (Å²) < 4.78 is 7.77. The number of aryl methyl sites for hydroxylation is 1. The summed E-state index contributed by atoms with van der Waals surface area (Å²) in [5.74, 6) is 0.490. The molecule has 0 radical (unpaired) electrons. The van der Waals surface area contributed by atoms with E-state index in [9.17, 15) is 4.79 Å². The molecule has 0 bridgehead atoms. The van der Waals surface area contributed by atoms with Crippen molar-refractivity contribution in [2.75, 3.05) is 6.61 Å². The molecule has 0 aliphatic carbocycles. The van der Waals surface area contributed by atoms with Gasteiger partial charge in [-0.15, -0.1) is 0 Å². The number of carboxylic acid groups (broad SMARTS) is 1. The Balaban J connectivity index is 1.98. The van der Waals surface area contributed by atoms with E-state index in [0.29, 0.717) is 5.92 Å². The number of hydrogen-bond donors (Lipinski definition) is 1. The third-order valence-electron chi connectivity index (χ3n) is 4.14. The maximum absolute atomic E-state index is 11.0. The summed E-state index contributed by atoms with van der Waals surface area (Å²) in [5.41, 5.74) is 2.01. The van der Waals surface area contributed by atoms with E-state index in [1.165, 1.54) is 0 Å². The molecule has 5 nitrogen and oxygen atoms in total. The lowest BCUT2D eigenvalue weighted by Gasteiger charge is -2.16. The first kappa shape index (κ1) is 13.1. The number of carboxylic acids is 1. The maximum atomic E-state index is 11.0. The fourth-order valence-corrected chi connectivity index (χ4v) is 2.86.